The van der Waals surface area contributed by atoms with Crippen LogP contribution in [0.5, 0.6) is 0 Å². The fourth-order valence-corrected chi connectivity index (χ4v) is 11.5. The van der Waals surface area contributed by atoms with E-state index in [0.717, 1.165) is 10.1 Å². The third-order valence-corrected chi connectivity index (χ3v) is 12.5. The van der Waals surface area contributed by atoms with Gasteiger partial charge in [-0.2, -0.15) is 0 Å². The molecule has 0 bridgehead atoms. The molecule has 0 saturated carbocycles. The van der Waals surface area contributed by atoms with Crippen LogP contribution < -0.4 is 5.19 Å². The fourth-order valence-electron chi connectivity index (χ4n) is 3.19. The smallest absolute Gasteiger partial charge is 0.144 e. The van der Waals surface area contributed by atoms with Crippen LogP contribution in [0.3, 0.4) is 0 Å². The molecule has 9 heteroatoms. The Kier molecular flexibility index (Phi) is 5.84. The van der Waals surface area contributed by atoms with Gasteiger partial charge in [0.2, 0.25) is 0 Å². The zero-order valence-corrected chi connectivity index (χ0v) is 21.9. The average molecular weight is 546 g/mol. The molecule has 0 spiro atoms. The van der Waals surface area contributed by atoms with Gasteiger partial charge in [-0.1, -0.05) is 18.2 Å². The lowest BCUT2D eigenvalue weighted by molar-refractivity contribution is 1.82. The van der Waals surface area contributed by atoms with E-state index in [1.54, 1.807) is 45.3 Å². The van der Waals surface area contributed by atoms with Crippen LogP contribution in [0.25, 0.3) is 40.4 Å². The summed E-state index contributed by atoms with van der Waals surface area (Å²) >= 11 is 28.2. The molecule has 5 heterocycles. The van der Waals surface area contributed by atoms with Crippen molar-refractivity contribution >= 4 is 101 Å². The van der Waals surface area contributed by atoms with Crippen molar-refractivity contribution in [3.8, 4) is 40.4 Å². The molecule has 0 atom stereocenters. The van der Waals surface area contributed by atoms with Crippen LogP contribution in [-0.4, -0.2) is 6.00 Å². The highest BCUT2D eigenvalue weighted by Crippen LogP contribution is 2.55. The second kappa shape index (κ2) is 8.26. The van der Waals surface area contributed by atoms with Gasteiger partial charge < -0.3 is 0 Å². The molecule has 0 N–H and O–H groups in total. The summed E-state index contributed by atoms with van der Waals surface area (Å²) in [4.78, 5) is 7.35. The van der Waals surface area contributed by atoms with Crippen LogP contribution in [-0.2, 0) is 0 Å². The summed E-state index contributed by atoms with van der Waals surface area (Å²) in [6.45, 7) is 0. The van der Waals surface area contributed by atoms with Crippen LogP contribution in [0.15, 0.2) is 64.0 Å². The maximum Gasteiger partial charge on any atom is 0.374 e. The van der Waals surface area contributed by atoms with Crippen LogP contribution >= 0.6 is 89.9 Å². The first-order valence-corrected chi connectivity index (χ1v) is 17.8. The normalized spacial score (nSPS) is 12.0. The summed E-state index contributed by atoms with van der Waals surface area (Å²) in [5.74, 6) is 0. The lowest BCUT2D eigenvalue weighted by atomic mass is 10.0. The standard InChI is InChI=1S/C20H11Cl3S5Si/c21-29(22,23)15-7-11-27-19(15)20-17(13-5-2-9-25-13)16(12-4-1-8-24-12)18(28-20)14-6-3-10-26-14/h1-11H. The van der Waals surface area contributed by atoms with Gasteiger partial charge in [0.15, 0.2) is 0 Å². The summed E-state index contributed by atoms with van der Waals surface area (Å²) in [6, 6.07) is 11.9. The first-order valence-electron chi connectivity index (χ1n) is 8.47. The monoisotopic (exact) mass is 544 g/mol. The SMILES string of the molecule is Cl[Si](Cl)(Cl)c1ccsc1-c1sc(-c2cccs2)c(-c2cccs2)c1-c1cccs1. The molecule has 146 valence electrons. The summed E-state index contributed by atoms with van der Waals surface area (Å²) < 4.78 is 0. The molecule has 0 aliphatic heterocycles. The minimum atomic E-state index is -3.01. The Morgan fingerprint density at radius 3 is 1.62 bits per heavy atom. The number of hydrogen-bond donors (Lipinski definition) is 0. The van der Waals surface area contributed by atoms with Crippen molar-refractivity contribution in [2.75, 3.05) is 0 Å². The molecular weight excluding hydrogens is 535 g/mol. The minimum Gasteiger partial charge on any atom is -0.144 e. The van der Waals surface area contributed by atoms with E-state index in [0.29, 0.717) is 0 Å². The maximum absolute atomic E-state index is 6.47. The molecule has 5 aromatic heterocycles. The maximum atomic E-state index is 6.47. The second-order valence-electron chi connectivity index (χ2n) is 6.10. The highest BCUT2D eigenvalue weighted by Gasteiger charge is 2.35. The van der Waals surface area contributed by atoms with Gasteiger partial charge in [0, 0.05) is 35.8 Å². The number of hydrogen-bond acceptors (Lipinski definition) is 5. The zero-order valence-electron chi connectivity index (χ0n) is 14.5. The summed E-state index contributed by atoms with van der Waals surface area (Å²) in [7, 11) is 0. The van der Waals surface area contributed by atoms with Gasteiger partial charge in [-0.25, -0.2) is 0 Å². The van der Waals surface area contributed by atoms with Crippen molar-refractivity contribution in [1.29, 1.82) is 0 Å². The van der Waals surface area contributed by atoms with Gasteiger partial charge in [-0.05, 0) is 45.8 Å². The van der Waals surface area contributed by atoms with Crippen molar-refractivity contribution in [2.45, 2.75) is 0 Å². The molecule has 0 aliphatic carbocycles. The molecule has 5 rings (SSSR count). The highest BCUT2D eigenvalue weighted by molar-refractivity contribution is 7.70. The molecular formula is C20H11Cl3S5Si. The summed E-state index contributed by atoms with van der Waals surface area (Å²) in [6.07, 6.45) is 0. The minimum absolute atomic E-state index is 0.877. The van der Waals surface area contributed by atoms with Gasteiger partial charge in [0.1, 0.15) is 0 Å². The molecule has 0 saturated heterocycles. The molecule has 0 radical (unpaired) electrons. The van der Waals surface area contributed by atoms with Crippen molar-refractivity contribution in [3.63, 3.8) is 0 Å². The fraction of sp³-hybridized carbons (Fsp3) is 0. The van der Waals surface area contributed by atoms with Gasteiger partial charge in [0.05, 0.1) is 9.75 Å². The largest absolute Gasteiger partial charge is 0.374 e. The Morgan fingerprint density at radius 1 is 0.552 bits per heavy atom. The van der Waals surface area contributed by atoms with Crippen LogP contribution in [0, 0.1) is 0 Å². The summed E-state index contributed by atoms with van der Waals surface area (Å²) in [5, 5.41) is 9.30. The van der Waals surface area contributed by atoms with E-state index >= 15 is 0 Å². The first-order chi connectivity index (χ1) is 14.0. The topological polar surface area (TPSA) is 0 Å². The Balaban J connectivity index is 1.87. The third-order valence-electron chi connectivity index (χ3n) is 4.37. The predicted octanol–water partition coefficient (Wildman–Crippen LogP) is 9.52. The van der Waals surface area contributed by atoms with Crippen LogP contribution in [0.4, 0.5) is 0 Å². The third kappa shape index (κ3) is 3.84. The van der Waals surface area contributed by atoms with E-state index in [-0.39, 0.29) is 0 Å². The Hall–Kier alpha value is -0.413. The average Bonchev–Trinajstić information content (AvgIpc) is 3.52. The first kappa shape index (κ1) is 20.5. The number of rotatable bonds is 5. The van der Waals surface area contributed by atoms with Gasteiger partial charge >= 0.3 is 6.00 Å². The molecule has 5 aromatic rings. The molecule has 0 fully saturated rings. The van der Waals surface area contributed by atoms with Gasteiger partial charge in [0.25, 0.3) is 0 Å². The Morgan fingerprint density at radius 2 is 1.10 bits per heavy atom. The van der Waals surface area contributed by atoms with E-state index in [1.807, 2.05) is 22.8 Å². The van der Waals surface area contributed by atoms with Crippen molar-refractivity contribution in [3.05, 3.63) is 64.0 Å². The van der Waals surface area contributed by atoms with E-state index in [1.165, 1.54) is 35.5 Å². The van der Waals surface area contributed by atoms with Crippen LogP contribution in [0.2, 0.25) is 0 Å². The van der Waals surface area contributed by atoms with Gasteiger partial charge in [-0.3, -0.25) is 0 Å². The molecule has 29 heavy (non-hydrogen) atoms. The lowest BCUT2D eigenvalue weighted by Gasteiger charge is -2.10. The lowest BCUT2D eigenvalue weighted by Crippen LogP contribution is -2.29. The van der Waals surface area contributed by atoms with Crippen molar-refractivity contribution in [1.82, 2.24) is 0 Å². The van der Waals surface area contributed by atoms with E-state index < -0.39 is 6.00 Å². The molecule has 0 unspecified atom stereocenters. The van der Waals surface area contributed by atoms with E-state index in [9.17, 15) is 0 Å². The number of halogens is 3. The molecule has 0 amide bonds. The van der Waals surface area contributed by atoms with Crippen LogP contribution in [0.1, 0.15) is 0 Å². The second-order valence-corrected chi connectivity index (χ2v) is 19.3. The quantitative estimate of drug-likeness (QED) is 0.152. The predicted molar refractivity (Wildman–Crippen MR) is 141 cm³/mol. The molecule has 0 nitrogen and oxygen atoms in total. The summed E-state index contributed by atoms with van der Waals surface area (Å²) in [5.41, 5.74) is 2.54. The Bertz CT molecular complexity index is 1230. The van der Waals surface area contributed by atoms with Gasteiger partial charge in [-0.15, -0.1) is 89.9 Å². The zero-order chi connectivity index (χ0) is 20.0. The Labute approximate surface area is 203 Å². The van der Waals surface area contributed by atoms with Crippen molar-refractivity contribution < 1.29 is 0 Å². The molecule has 0 aliphatic rings. The highest BCUT2D eigenvalue weighted by atomic mass is 35.8. The van der Waals surface area contributed by atoms with E-state index in [4.69, 9.17) is 33.2 Å². The number of thiophene rings is 5. The molecule has 0 aromatic carbocycles. The van der Waals surface area contributed by atoms with E-state index in [2.05, 4.69) is 52.5 Å². The van der Waals surface area contributed by atoms with Crippen molar-refractivity contribution in [2.24, 2.45) is 0 Å².